The van der Waals surface area contributed by atoms with Crippen LogP contribution in [0.15, 0.2) is 97.1 Å². The molecule has 0 radical (unpaired) electrons. The van der Waals surface area contributed by atoms with Crippen molar-refractivity contribution in [1.82, 2.24) is 5.32 Å². The molecule has 0 aromatic heterocycles. The predicted molar refractivity (Wildman–Crippen MR) is 150 cm³/mol. The van der Waals surface area contributed by atoms with Crippen LogP contribution in [-0.4, -0.2) is 29.8 Å². The third-order valence-electron chi connectivity index (χ3n) is 7.50. The highest BCUT2D eigenvalue weighted by molar-refractivity contribution is 6.08. The number of carboxylic acid groups (broad SMARTS) is 1. The largest absolute Gasteiger partial charge is 0.480 e. The fraction of sp³-hybridized carbons (Fsp3) is 0.121. The number of rotatable bonds is 6. The molecule has 6 rings (SSSR count). The van der Waals surface area contributed by atoms with Crippen molar-refractivity contribution in [3.8, 4) is 17.2 Å². The van der Waals surface area contributed by atoms with Crippen molar-refractivity contribution < 1.29 is 19.4 Å². The third kappa shape index (κ3) is 4.24. The maximum atomic E-state index is 12.9. The minimum Gasteiger partial charge on any atom is -0.480 e. The van der Waals surface area contributed by atoms with Gasteiger partial charge in [-0.1, -0.05) is 97.1 Å². The van der Waals surface area contributed by atoms with Gasteiger partial charge in [-0.15, -0.1) is 0 Å². The number of hydrogen-bond acceptors (Lipinski definition) is 4. The van der Waals surface area contributed by atoms with E-state index in [4.69, 9.17) is 4.74 Å². The summed E-state index contributed by atoms with van der Waals surface area (Å²) >= 11 is 0. The number of nitrogens with one attached hydrogen (secondary N) is 1. The van der Waals surface area contributed by atoms with Crippen LogP contribution in [0.25, 0.3) is 32.7 Å². The molecule has 0 spiro atoms. The lowest BCUT2D eigenvalue weighted by Gasteiger charge is -2.19. The first-order chi connectivity index (χ1) is 19.1. The molecule has 6 heteroatoms. The zero-order chi connectivity index (χ0) is 26.9. The molecule has 39 heavy (non-hydrogen) atoms. The lowest BCUT2D eigenvalue weighted by molar-refractivity contribution is -0.139. The molecule has 0 heterocycles. The smallest absolute Gasteiger partial charge is 0.407 e. The van der Waals surface area contributed by atoms with Gasteiger partial charge in [-0.3, -0.25) is 0 Å². The van der Waals surface area contributed by atoms with Crippen molar-refractivity contribution in [2.75, 3.05) is 6.61 Å². The molecule has 1 aliphatic rings. The van der Waals surface area contributed by atoms with E-state index in [0.29, 0.717) is 5.56 Å². The van der Waals surface area contributed by atoms with Gasteiger partial charge in [-0.2, -0.15) is 5.26 Å². The molecule has 190 valence electrons. The number of carbonyl (C=O) groups excluding carboxylic acids is 1. The first kappa shape index (κ1) is 24.2. The van der Waals surface area contributed by atoms with Gasteiger partial charge in [-0.25, -0.2) is 9.59 Å². The molecule has 0 saturated carbocycles. The Hall–Kier alpha value is -5.15. The van der Waals surface area contributed by atoms with Gasteiger partial charge in [0.1, 0.15) is 18.7 Å². The maximum Gasteiger partial charge on any atom is 0.407 e. The average Bonchev–Trinajstić information content (AvgIpc) is 3.29. The van der Waals surface area contributed by atoms with Crippen LogP contribution >= 0.6 is 0 Å². The standard InChI is InChI=1S/C33H24N2O4/c34-18-29-24-13-5-3-11-22(24)28(23-12-4-6-14-25(23)29)17-31(32(36)37)35-33(38)39-19-30-26-15-7-1-9-20(26)21-10-2-8-16-27(21)30/h1-16,30-31H,17,19H2,(H,35,38)(H,36,37)/t31-/m0/s1. The highest BCUT2D eigenvalue weighted by Gasteiger charge is 2.30. The molecule has 0 bridgehead atoms. The second-order valence-corrected chi connectivity index (χ2v) is 9.62. The zero-order valence-electron chi connectivity index (χ0n) is 20.9. The number of nitriles is 1. The fourth-order valence-electron chi connectivity index (χ4n) is 5.75. The van der Waals surface area contributed by atoms with E-state index < -0.39 is 18.1 Å². The Bertz CT molecular complexity index is 1700. The van der Waals surface area contributed by atoms with Crippen LogP contribution in [0.2, 0.25) is 0 Å². The number of carbonyl (C=O) groups is 2. The van der Waals surface area contributed by atoms with E-state index in [0.717, 1.165) is 49.4 Å². The number of alkyl carbamates (subject to hydrolysis) is 1. The monoisotopic (exact) mass is 512 g/mol. The quantitative estimate of drug-likeness (QED) is 0.257. The molecule has 6 nitrogen and oxygen atoms in total. The Morgan fingerprint density at radius 3 is 1.79 bits per heavy atom. The van der Waals surface area contributed by atoms with E-state index in [1.165, 1.54) is 0 Å². The molecule has 1 atom stereocenters. The lowest BCUT2D eigenvalue weighted by Crippen LogP contribution is -2.43. The summed E-state index contributed by atoms with van der Waals surface area (Å²) in [4.78, 5) is 25.2. The van der Waals surface area contributed by atoms with Crippen molar-refractivity contribution in [1.29, 1.82) is 5.26 Å². The summed E-state index contributed by atoms with van der Waals surface area (Å²) in [6.07, 6.45) is -0.752. The fourth-order valence-corrected chi connectivity index (χ4v) is 5.75. The number of carboxylic acids is 1. The highest BCUT2D eigenvalue weighted by atomic mass is 16.5. The highest BCUT2D eigenvalue weighted by Crippen LogP contribution is 2.44. The topological polar surface area (TPSA) is 99.4 Å². The second kappa shape index (κ2) is 9.96. The molecule has 5 aromatic carbocycles. The van der Waals surface area contributed by atoms with Gasteiger partial charge in [-0.05, 0) is 38.6 Å². The molecule has 0 aliphatic heterocycles. The number of benzene rings is 5. The van der Waals surface area contributed by atoms with Gasteiger partial charge < -0.3 is 15.2 Å². The molecule has 1 amide bonds. The van der Waals surface area contributed by atoms with Gasteiger partial charge in [0.2, 0.25) is 0 Å². The Balaban J connectivity index is 1.26. The zero-order valence-corrected chi connectivity index (χ0v) is 20.9. The van der Waals surface area contributed by atoms with Crippen LogP contribution in [0, 0.1) is 11.3 Å². The Labute approximate surface area is 225 Å². The summed E-state index contributed by atoms with van der Waals surface area (Å²) in [5.41, 5.74) is 5.69. The number of amides is 1. The SMILES string of the molecule is N#Cc1c2ccccc2c(C[C@H](NC(=O)OCC2c3ccccc3-c3ccccc32)C(=O)O)c2ccccc12. The van der Waals surface area contributed by atoms with Gasteiger partial charge in [0.05, 0.1) is 5.56 Å². The molecule has 1 aliphatic carbocycles. The van der Waals surface area contributed by atoms with Crippen LogP contribution in [0.1, 0.15) is 28.2 Å². The molecule has 2 N–H and O–H groups in total. The van der Waals surface area contributed by atoms with Gasteiger partial charge in [0.25, 0.3) is 0 Å². The van der Waals surface area contributed by atoms with Crippen molar-refractivity contribution in [2.24, 2.45) is 0 Å². The number of aliphatic carboxylic acids is 1. The second-order valence-electron chi connectivity index (χ2n) is 9.62. The summed E-state index contributed by atoms with van der Waals surface area (Å²) in [5.74, 6) is -1.29. The summed E-state index contributed by atoms with van der Waals surface area (Å²) in [6.45, 7) is 0.0922. The van der Waals surface area contributed by atoms with E-state index in [9.17, 15) is 20.0 Å². The Morgan fingerprint density at radius 2 is 1.28 bits per heavy atom. The van der Waals surface area contributed by atoms with E-state index >= 15 is 0 Å². The molecular weight excluding hydrogens is 488 g/mol. The number of nitrogens with zero attached hydrogens (tertiary/aromatic N) is 1. The maximum absolute atomic E-state index is 12.9. The van der Waals surface area contributed by atoms with Crippen LogP contribution in [0.3, 0.4) is 0 Å². The number of hydrogen-bond donors (Lipinski definition) is 2. The van der Waals surface area contributed by atoms with Crippen LogP contribution in [0.5, 0.6) is 0 Å². The van der Waals surface area contributed by atoms with Crippen molar-refractivity contribution >= 4 is 33.6 Å². The Morgan fingerprint density at radius 1 is 0.795 bits per heavy atom. The van der Waals surface area contributed by atoms with Crippen molar-refractivity contribution in [2.45, 2.75) is 18.4 Å². The number of ether oxygens (including phenoxy) is 1. The minimum absolute atomic E-state index is 0.0340. The average molecular weight is 513 g/mol. The molecular formula is C33H24N2O4. The lowest BCUT2D eigenvalue weighted by atomic mass is 9.89. The summed E-state index contributed by atoms with van der Waals surface area (Å²) < 4.78 is 5.61. The van der Waals surface area contributed by atoms with E-state index in [1.54, 1.807) is 0 Å². The van der Waals surface area contributed by atoms with E-state index in [-0.39, 0.29) is 18.9 Å². The molecule has 0 saturated heterocycles. The summed E-state index contributed by atoms with van der Waals surface area (Å²) in [6, 6.07) is 32.0. The van der Waals surface area contributed by atoms with Gasteiger partial charge in [0, 0.05) is 23.1 Å². The van der Waals surface area contributed by atoms with Crippen LogP contribution in [-0.2, 0) is 16.0 Å². The van der Waals surface area contributed by atoms with E-state index in [1.807, 2.05) is 84.9 Å². The normalized spacial score (nSPS) is 12.9. The molecule has 0 fully saturated rings. The molecule has 0 unspecified atom stereocenters. The Kier molecular flexibility index (Phi) is 6.18. The van der Waals surface area contributed by atoms with Crippen molar-refractivity contribution in [3.05, 3.63) is 119 Å². The predicted octanol–water partition coefficient (Wildman–Crippen LogP) is 6.40. The van der Waals surface area contributed by atoms with Gasteiger partial charge in [0.15, 0.2) is 0 Å². The third-order valence-corrected chi connectivity index (χ3v) is 7.50. The van der Waals surface area contributed by atoms with Crippen LogP contribution < -0.4 is 5.32 Å². The summed E-state index contributed by atoms with van der Waals surface area (Å²) in [7, 11) is 0. The van der Waals surface area contributed by atoms with Crippen molar-refractivity contribution in [3.63, 3.8) is 0 Å². The van der Waals surface area contributed by atoms with Gasteiger partial charge >= 0.3 is 12.1 Å². The van der Waals surface area contributed by atoms with Crippen LogP contribution in [0.4, 0.5) is 4.79 Å². The summed E-state index contributed by atoms with van der Waals surface area (Å²) in [5, 5.41) is 25.6. The van der Waals surface area contributed by atoms with E-state index in [2.05, 4.69) is 23.5 Å². The number of fused-ring (bicyclic) bond motifs is 5. The first-order valence-corrected chi connectivity index (χ1v) is 12.7. The first-order valence-electron chi connectivity index (χ1n) is 12.7. The molecule has 5 aromatic rings. The minimum atomic E-state index is -1.22.